The van der Waals surface area contributed by atoms with Crippen molar-refractivity contribution in [1.29, 1.82) is 0 Å². The summed E-state index contributed by atoms with van der Waals surface area (Å²) in [7, 11) is 0. The number of hydrogen-bond acceptors (Lipinski definition) is 1. The maximum absolute atomic E-state index is 10.4. The van der Waals surface area contributed by atoms with Crippen molar-refractivity contribution in [1.82, 2.24) is 0 Å². The third-order valence-electron chi connectivity index (χ3n) is 6.34. The minimum Gasteiger partial charge on any atom is -0.481 e. The monoisotopic (exact) mass is 448 g/mol. The molecule has 0 spiro atoms. The molecule has 0 amide bonds. The lowest BCUT2D eigenvalue weighted by atomic mass is 10.0. The van der Waals surface area contributed by atoms with E-state index in [2.05, 4.69) is 31.2 Å². The van der Waals surface area contributed by atoms with Crippen LogP contribution in [0.1, 0.15) is 161 Å². The molecule has 0 saturated heterocycles. The average Bonchev–Trinajstić information content (AvgIpc) is 2.78. The minimum atomic E-state index is -0.652. The Morgan fingerprint density at radius 2 is 0.844 bits per heavy atom. The molecule has 0 aliphatic carbocycles. The van der Waals surface area contributed by atoms with Gasteiger partial charge in [-0.1, -0.05) is 147 Å². The topological polar surface area (TPSA) is 37.3 Å². The Morgan fingerprint density at radius 1 is 0.500 bits per heavy atom. The van der Waals surface area contributed by atoms with Crippen molar-refractivity contribution in [2.24, 2.45) is 0 Å². The van der Waals surface area contributed by atoms with Crippen LogP contribution in [-0.4, -0.2) is 11.1 Å². The van der Waals surface area contributed by atoms with E-state index < -0.39 is 5.97 Å². The lowest BCUT2D eigenvalue weighted by Crippen LogP contribution is -1.93. The van der Waals surface area contributed by atoms with Crippen LogP contribution < -0.4 is 0 Å². The molecule has 0 atom stereocenters. The summed E-state index contributed by atoms with van der Waals surface area (Å²) in [6.45, 7) is 2.25. The molecule has 1 N–H and O–H groups in total. The summed E-state index contributed by atoms with van der Waals surface area (Å²) < 4.78 is 0. The second kappa shape index (κ2) is 28.0. The first-order valence-corrected chi connectivity index (χ1v) is 14.3. The number of carboxylic acids is 1. The van der Waals surface area contributed by atoms with Crippen LogP contribution in [0.15, 0.2) is 24.3 Å². The van der Waals surface area contributed by atoms with Gasteiger partial charge in [-0.3, -0.25) is 4.79 Å². The molecule has 0 aromatic carbocycles. The molecule has 0 radical (unpaired) electrons. The largest absolute Gasteiger partial charge is 0.481 e. The molecule has 0 bridgehead atoms. The van der Waals surface area contributed by atoms with Crippen LogP contribution in [0, 0.1) is 0 Å². The van der Waals surface area contributed by atoms with Gasteiger partial charge in [-0.25, -0.2) is 0 Å². The summed E-state index contributed by atoms with van der Waals surface area (Å²) in [5.74, 6) is -0.652. The molecular formula is C30H56O2. The number of carbonyl (C=O) groups is 1. The summed E-state index contributed by atoms with van der Waals surface area (Å²) in [6.07, 6.45) is 40.0. The average molecular weight is 449 g/mol. The van der Waals surface area contributed by atoms with Crippen LogP contribution in [0.3, 0.4) is 0 Å². The number of carboxylic acid groups (broad SMARTS) is 1. The SMILES string of the molecule is CCCCC=CCC=CCCCCCCCCCCCCCCCCCCCCC(=O)O. The van der Waals surface area contributed by atoms with Crippen LogP contribution >= 0.6 is 0 Å². The Morgan fingerprint density at radius 3 is 1.22 bits per heavy atom. The molecule has 0 fully saturated rings. The lowest BCUT2D eigenvalue weighted by Gasteiger charge is -2.04. The third-order valence-corrected chi connectivity index (χ3v) is 6.34. The molecule has 2 heteroatoms. The van der Waals surface area contributed by atoms with Crippen molar-refractivity contribution in [2.45, 2.75) is 161 Å². The van der Waals surface area contributed by atoms with Gasteiger partial charge in [0.25, 0.3) is 0 Å². The second-order valence-corrected chi connectivity index (χ2v) is 9.62. The van der Waals surface area contributed by atoms with E-state index in [4.69, 9.17) is 5.11 Å². The van der Waals surface area contributed by atoms with E-state index in [0.29, 0.717) is 6.42 Å². The van der Waals surface area contributed by atoms with E-state index in [1.54, 1.807) is 0 Å². The fraction of sp³-hybridized carbons (Fsp3) is 0.833. The normalized spacial score (nSPS) is 11.8. The molecule has 32 heavy (non-hydrogen) atoms. The molecular weight excluding hydrogens is 392 g/mol. The highest BCUT2D eigenvalue weighted by molar-refractivity contribution is 5.66. The van der Waals surface area contributed by atoms with Crippen molar-refractivity contribution in [2.75, 3.05) is 0 Å². The number of unbranched alkanes of at least 4 members (excludes halogenated alkanes) is 20. The Hall–Kier alpha value is -1.05. The number of rotatable bonds is 26. The maximum Gasteiger partial charge on any atom is 0.303 e. The summed E-state index contributed by atoms with van der Waals surface area (Å²) in [4.78, 5) is 10.4. The minimum absolute atomic E-state index is 0.343. The summed E-state index contributed by atoms with van der Waals surface area (Å²) in [6, 6.07) is 0. The standard InChI is InChI=1S/C30H56O2/c1-2-3-4-5-6-7-8-9-10-11-12-13-14-15-16-17-18-19-20-21-22-23-24-25-26-27-28-29-30(31)32/h5-6,8-9H,2-4,7,10-29H2,1H3,(H,31,32). The number of allylic oxidation sites excluding steroid dienone is 4. The zero-order valence-corrected chi connectivity index (χ0v) is 21.6. The first-order chi connectivity index (χ1) is 15.8. The van der Waals surface area contributed by atoms with E-state index in [0.717, 1.165) is 19.3 Å². The van der Waals surface area contributed by atoms with Gasteiger partial charge < -0.3 is 5.11 Å². The predicted molar refractivity (Wildman–Crippen MR) is 142 cm³/mol. The molecule has 0 aliphatic rings. The molecule has 188 valence electrons. The molecule has 0 saturated carbocycles. The van der Waals surface area contributed by atoms with E-state index in [1.807, 2.05) is 0 Å². The van der Waals surface area contributed by atoms with Crippen LogP contribution in [-0.2, 0) is 4.79 Å². The van der Waals surface area contributed by atoms with Crippen molar-refractivity contribution in [3.05, 3.63) is 24.3 Å². The lowest BCUT2D eigenvalue weighted by molar-refractivity contribution is -0.137. The Balaban J connectivity index is 3.09. The van der Waals surface area contributed by atoms with Gasteiger partial charge in [-0.15, -0.1) is 0 Å². The molecule has 0 aliphatic heterocycles. The summed E-state index contributed by atoms with van der Waals surface area (Å²) in [5.41, 5.74) is 0. The molecule has 0 unspecified atom stereocenters. The predicted octanol–water partition coefficient (Wildman–Crippen LogP) is 10.6. The van der Waals surface area contributed by atoms with Crippen molar-refractivity contribution >= 4 is 5.97 Å². The highest BCUT2D eigenvalue weighted by Crippen LogP contribution is 2.15. The van der Waals surface area contributed by atoms with Crippen LogP contribution in [0.5, 0.6) is 0 Å². The van der Waals surface area contributed by atoms with Gasteiger partial charge in [0.1, 0.15) is 0 Å². The fourth-order valence-electron chi connectivity index (χ4n) is 4.20. The summed E-state index contributed by atoms with van der Waals surface area (Å²) in [5, 5.41) is 8.60. The zero-order chi connectivity index (χ0) is 23.4. The van der Waals surface area contributed by atoms with Gasteiger partial charge in [-0.05, 0) is 32.1 Å². The van der Waals surface area contributed by atoms with E-state index in [9.17, 15) is 4.79 Å². The van der Waals surface area contributed by atoms with Crippen molar-refractivity contribution in [3.63, 3.8) is 0 Å². The number of hydrogen-bond donors (Lipinski definition) is 1. The van der Waals surface area contributed by atoms with Gasteiger partial charge in [0.15, 0.2) is 0 Å². The molecule has 0 rings (SSSR count). The van der Waals surface area contributed by atoms with E-state index in [1.165, 1.54) is 128 Å². The molecule has 0 aromatic heterocycles. The van der Waals surface area contributed by atoms with Crippen LogP contribution in [0.25, 0.3) is 0 Å². The highest BCUT2D eigenvalue weighted by atomic mass is 16.4. The van der Waals surface area contributed by atoms with Gasteiger partial charge in [0.2, 0.25) is 0 Å². The summed E-state index contributed by atoms with van der Waals surface area (Å²) >= 11 is 0. The Labute approximate surface area is 201 Å². The Bertz CT molecular complexity index is 425. The Kier molecular flexibility index (Phi) is 27.1. The van der Waals surface area contributed by atoms with Gasteiger partial charge in [0.05, 0.1) is 0 Å². The third kappa shape index (κ3) is 28.9. The van der Waals surface area contributed by atoms with Gasteiger partial charge >= 0.3 is 5.97 Å². The molecule has 0 heterocycles. The van der Waals surface area contributed by atoms with Gasteiger partial charge in [-0.2, -0.15) is 0 Å². The smallest absolute Gasteiger partial charge is 0.303 e. The van der Waals surface area contributed by atoms with E-state index in [-0.39, 0.29) is 0 Å². The maximum atomic E-state index is 10.4. The van der Waals surface area contributed by atoms with Crippen molar-refractivity contribution < 1.29 is 9.90 Å². The van der Waals surface area contributed by atoms with Crippen molar-refractivity contribution in [3.8, 4) is 0 Å². The van der Waals surface area contributed by atoms with E-state index >= 15 is 0 Å². The molecule has 0 aromatic rings. The zero-order valence-electron chi connectivity index (χ0n) is 21.6. The quantitative estimate of drug-likeness (QED) is 0.105. The van der Waals surface area contributed by atoms with Gasteiger partial charge in [0, 0.05) is 6.42 Å². The highest BCUT2D eigenvalue weighted by Gasteiger charge is 1.97. The molecule has 2 nitrogen and oxygen atoms in total. The second-order valence-electron chi connectivity index (χ2n) is 9.62. The van der Waals surface area contributed by atoms with Crippen LogP contribution in [0.2, 0.25) is 0 Å². The van der Waals surface area contributed by atoms with Crippen LogP contribution in [0.4, 0.5) is 0 Å². The number of aliphatic carboxylic acids is 1. The first kappa shape index (κ1) is 30.9. The first-order valence-electron chi connectivity index (χ1n) is 14.3. The fourth-order valence-corrected chi connectivity index (χ4v) is 4.20.